The standard InChI is InChI=1S/C9H18FNS/c1-9(2,10)7-12-8-4-3-5-11-6-8/h8,11H,3-7H2,1-2H3. The van der Waals surface area contributed by atoms with Gasteiger partial charge in [-0.1, -0.05) is 0 Å². The minimum Gasteiger partial charge on any atom is -0.316 e. The second-order valence-corrected chi connectivity index (χ2v) is 5.29. The number of rotatable bonds is 3. The van der Waals surface area contributed by atoms with Gasteiger partial charge in [-0.05, 0) is 33.2 Å². The molecule has 1 rings (SSSR count). The molecule has 0 aromatic carbocycles. The van der Waals surface area contributed by atoms with Gasteiger partial charge < -0.3 is 5.32 Å². The van der Waals surface area contributed by atoms with E-state index in [-0.39, 0.29) is 0 Å². The zero-order valence-electron chi connectivity index (χ0n) is 7.90. The molecule has 1 heterocycles. The summed E-state index contributed by atoms with van der Waals surface area (Å²) in [6.07, 6.45) is 2.48. The fraction of sp³-hybridized carbons (Fsp3) is 1.00. The molecule has 1 N–H and O–H groups in total. The SMILES string of the molecule is CC(C)(F)CSC1CCCNC1. The predicted molar refractivity (Wildman–Crippen MR) is 53.5 cm³/mol. The van der Waals surface area contributed by atoms with Gasteiger partial charge in [-0.15, -0.1) is 0 Å². The van der Waals surface area contributed by atoms with Crippen LogP contribution in [0.2, 0.25) is 0 Å². The number of nitrogens with one attached hydrogen (secondary N) is 1. The topological polar surface area (TPSA) is 12.0 Å². The van der Waals surface area contributed by atoms with Crippen molar-refractivity contribution in [1.29, 1.82) is 0 Å². The summed E-state index contributed by atoms with van der Waals surface area (Å²) in [5.41, 5.74) is -1.01. The van der Waals surface area contributed by atoms with Crippen molar-refractivity contribution in [3.63, 3.8) is 0 Å². The van der Waals surface area contributed by atoms with Crippen LogP contribution in [0.5, 0.6) is 0 Å². The minimum absolute atomic E-state index is 0.624. The highest BCUT2D eigenvalue weighted by molar-refractivity contribution is 8.00. The molecule has 0 bridgehead atoms. The lowest BCUT2D eigenvalue weighted by Crippen LogP contribution is -2.33. The molecule has 3 heteroatoms. The van der Waals surface area contributed by atoms with Crippen molar-refractivity contribution in [3.05, 3.63) is 0 Å². The van der Waals surface area contributed by atoms with Crippen LogP contribution in [0.25, 0.3) is 0 Å². The second kappa shape index (κ2) is 4.47. The summed E-state index contributed by atoms with van der Waals surface area (Å²) in [5.74, 6) is 0.624. The molecule has 0 saturated carbocycles. The summed E-state index contributed by atoms with van der Waals surface area (Å²) >= 11 is 1.77. The van der Waals surface area contributed by atoms with Gasteiger partial charge in [-0.2, -0.15) is 11.8 Å². The van der Waals surface area contributed by atoms with Crippen LogP contribution >= 0.6 is 11.8 Å². The number of thioether (sulfide) groups is 1. The first-order valence-electron chi connectivity index (χ1n) is 4.59. The smallest absolute Gasteiger partial charge is 0.114 e. The van der Waals surface area contributed by atoms with E-state index in [2.05, 4.69) is 5.32 Å². The zero-order valence-corrected chi connectivity index (χ0v) is 8.72. The molecule has 1 nitrogen and oxygen atoms in total. The lowest BCUT2D eigenvalue weighted by molar-refractivity contribution is 0.252. The Labute approximate surface area is 78.5 Å². The Morgan fingerprint density at radius 2 is 2.33 bits per heavy atom. The number of piperidine rings is 1. The number of alkyl halides is 1. The van der Waals surface area contributed by atoms with E-state index in [4.69, 9.17) is 0 Å². The van der Waals surface area contributed by atoms with E-state index < -0.39 is 5.67 Å². The van der Waals surface area contributed by atoms with E-state index >= 15 is 0 Å². The normalized spacial score (nSPS) is 25.8. The van der Waals surface area contributed by atoms with Gasteiger partial charge in [-0.25, -0.2) is 4.39 Å². The maximum atomic E-state index is 13.1. The zero-order chi connectivity index (χ0) is 9.03. The Bertz CT molecular complexity index is 127. The third-order valence-corrected chi connectivity index (χ3v) is 3.64. The third kappa shape index (κ3) is 4.31. The summed E-state index contributed by atoms with van der Waals surface area (Å²) in [6, 6.07) is 0. The largest absolute Gasteiger partial charge is 0.316 e. The molecule has 0 aromatic rings. The van der Waals surface area contributed by atoms with E-state index in [1.807, 2.05) is 0 Å². The molecule has 12 heavy (non-hydrogen) atoms. The van der Waals surface area contributed by atoms with E-state index in [9.17, 15) is 4.39 Å². The summed E-state index contributed by atoms with van der Waals surface area (Å²) in [4.78, 5) is 0. The molecule has 1 aliphatic heterocycles. The van der Waals surface area contributed by atoms with Gasteiger partial charge in [0, 0.05) is 17.5 Å². The highest BCUT2D eigenvalue weighted by atomic mass is 32.2. The molecule has 0 amide bonds. The molecule has 1 fully saturated rings. The first kappa shape index (κ1) is 10.3. The Hall–Kier alpha value is 0.240. The monoisotopic (exact) mass is 191 g/mol. The van der Waals surface area contributed by atoms with Gasteiger partial charge in [0.25, 0.3) is 0 Å². The quantitative estimate of drug-likeness (QED) is 0.734. The predicted octanol–water partition coefficient (Wildman–Crippen LogP) is 2.22. The van der Waals surface area contributed by atoms with Crippen LogP contribution in [-0.2, 0) is 0 Å². The Balaban J connectivity index is 2.13. The molecule has 1 atom stereocenters. The Kier molecular flexibility index (Phi) is 3.84. The van der Waals surface area contributed by atoms with Crippen LogP contribution in [0.4, 0.5) is 4.39 Å². The van der Waals surface area contributed by atoms with Gasteiger partial charge in [-0.3, -0.25) is 0 Å². The van der Waals surface area contributed by atoms with Gasteiger partial charge in [0.05, 0.1) is 0 Å². The maximum absolute atomic E-state index is 13.1. The first-order valence-corrected chi connectivity index (χ1v) is 5.64. The molecular formula is C9H18FNS. The van der Waals surface area contributed by atoms with E-state index in [1.54, 1.807) is 25.6 Å². The summed E-state index contributed by atoms with van der Waals surface area (Å²) in [7, 11) is 0. The number of halogens is 1. The van der Waals surface area contributed by atoms with Crippen molar-refractivity contribution in [3.8, 4) is 0 Å². The van der Waals surface area contributed by atoms with Crippen LogP contribution in [0.1, 0.15) is 26.7 Å². The minimum atomic E-state index is -1.01. The highest BCUT2D eigenvalue weighted by Crippen LogP contribution is 2.24. The molecular weight excluding hydrogens is 173 g/mol. The Morgan fingerprint density at radius 1 is 1.58 bits per heavy atom. The fourth-order valence-electron chi connectivity index (χ4n) is 1.28. The number of hydrogen-bond donors (Lipinski definition) is 1. The van der Waals surface area contributed by atoms with E-state index in [0.29, 0.717) is 11.0 Å². The second-order valence-electron chi connectivity index (χ2n) is 4.00. The van der Waals surface area contributed by atoms with Gasteiger partial charge >= 0.3 is 0 Å². The highest BCUT2D eigenvalue weighted by Gasteiger charge is 2.20. The van der Waals surface area contributed by atoms with Gasteiger partial charge in [0.1, 0.15) is 5.67 Å². The molecule has 1 aliphatic rings. The molecule has 0 spiro atoms. The van der Waals surface area contributed by atoms with Crippen LogP contribution in [-0.4, -0.2) is 29.8 Å². The average molecular weight is 191 g/mol. The lowest BCUT2D eigenvalue weighted by Gasteiger charge is -2.24. The van der Waals surface area contributed by atoms with Crippen LogP contribution < -0.4 is 5.32 Å². The van der Waals surface area contributed by atoms with Crippen LogP contribution in [0.15, 0.2) is 0 Å². The summed E-state index contributed by atoms with van der Waals surface area (Å²) < 4.78 is 13.1. The van der Waals surface area contributed by atoms with Crippen molar-refractivity contribution in [2.24, 2.45) is 0 Å². The molecule has 1 saturated heterocycles. The van der Waals surface area contributed by atoms with E-state index in [1.165, 1.54) is 12.8 Å². The molecule has 72 valence electrons. The van der Waals surface area contributed by atoms with Crippen LogP contribution in [0.3, 0.4) is 0 Å². The van der Waals surface area contributed by atoms with Crippen molar-refractivity contribution < 1.29 is 4.39 Å². The van der Waals surface area contributed by atoms with Gasteiger partial charge in [0.15, 0.2) is 0 Å². The van der Waals surface area contributed by atoms with Crippen LogP contribution in [0, 0.1) is 0 Å². The van der Waals surface area contributed by atoms with E-state index in [0.717, 1.165) is 13.1 Å². The molecule has 0 aliphatic carbocycles. The fourth-order valence-corrected chi connectivity index (χ4v) is 2.48. The molecule has 0 radical (unpaired) electrons. The van der Waals surface area contributed by atoms with Crippen molar-refractivity contribution in [2.75, 3.05) is 18.8 Å². The average Bonchev–Trinajstić information content (AvgIpc) is 2.02. The third-order valence-electron chi connectivity index (χ3n) is 1.91. The molecule has 1 unspecified atom stereocenters. The number of hydrogen-bond acceptors (Lipinski definition) is 2. The molecule has 0 aromatic heterocycles. The maximum Gasteiger partial charge on any atom is 0.114 e. The van der Waals surface area contributed by atoms with Crippen molar-refractivity contribution in [1.82, 2.24) is 5.32 Å². The summed E-state index contributed by atoms with van der Waals surface area (Å²) in [6.45, 7) is 5.49. The van der Waals surface area contributed by atoms with Crippen molar-refractivity contribution >= 4 is 11.8 Å². The van der Waals surface area contributed by atoms with Crippen molar-refractivity contribution in [2.45, 2.75) is 37.6 Å². The lowest BCUT2D eigenvalue weighted by atomic mass is 10.2. The first-order chi connectivity index (χ1) is 5.58. The van der Waals surface area contributed by atoms with Gasteiger partial charge in [0.2, 0.25) is 0 Å². The Morgan fingerprint density at radius 3 is 2.83 bits per heavy atom. The summed E-state index contributed by atoms with van der Waals surface area (Å²) in [5, 5.41) is 3.96.